The second-order valence-electron chi connectivity index (χ2n) is 12.6. The van der Waals surface area contributed by atoms with Crippen LogP contribution in [0.5, 0.6) is 0 Å². The van der Waals surface area contributed by atoms with Gasteiger partial charge >= 0.3 is 0 Å². The number of rotatable bonds is 7. The first-order chi connectivity index (χ1) is 21.1. The van der Waals surface area contributed by atoms with Crippen molar-refractivity contribution in [2.75, 3.05) is 54.4 Å². The number of tetrazole rings is 1. The highest BCUT2D eigenvalue weighted by Gasteiger charge is 2.43. The lowest BCUT2D eigenvalue weighted by Gasteiger charge is -2.36. The third-order valence-electron chi connectivity index (χ3n) is 8.74. The summed E-state index contributed by atoms with van der Waals surface area (Å²) >= 11 is 0. The van der Waals surface area contributed by atoms with E-state index in [0.29, 0.717) is 37.1 Å². The largest absolute Gasteiger partial charge is 0.368 e. The molecule has 4 heterocycles. The Kier molecular flexibility index (Phi) is 12.6. The summed E-state index contributed by atoms with van der Waals surface area (Å²) in [5.41, 5.74) is 3.52. The van der Waals surface area contributed by atoms with E-state index in [0.717, 1.165) is 49.1 Å². The third kappa shape index (κ3) is 8.32. The molecular formula is C31H41Cl3F2N10O. The smallest absolute Gasteiger partial charge is 0.265 e. The second-order valence-corrected chi connectivity index (χ2v) is 12.6. The molecule has 2 aliphatic rings. The number of carbonyl (C=O) groups excluding carboxylic acids is 1. The minimum absolute atomic E-state index is 0. The van der Waals surface area contributed by atoms with Crippen molar-refractivity contribution in [2.24, 2.45) is 5.92 Å². The fraction of sp³-hybridized carbons (Fsp3) is 0.452. The van der Waals surface area contributed by atoms with Crippen molar-refractivity contribution in [3.05, 3.63) is 77.1 Å². The zero-order valence-corrected chi connectivity index (χ0v) is 29.1. The van der Waals surface area contributed by atoms with Gasteiger partial charge in [-0.3, -0.25) is 15.0 Å². The number of carbonyl (C=O) groups is 1. The first kappa shape index (κ1) is 37.9. The van der Waals surface area contributed by atoms with Gasteiger partial charge in [-0.25, -0.2) is 13.8 Å². The zero-order chi connectivity index (χ0) is 31.0. The lowest BCUT2D eigenvalue weighted by Crippen LogP contribution is -2.47. The van der Waals surface area contributed by atoms with E-state index in [4.69, 9.17) is 0 Å². The average Bonchev–Trinajstić information content (AvgIpc) is 3.76. The van der Waals surface area contributed by atoms with Crippen LogP contribution in [0.15, 0.2) is 48.8 Å². The highest BCUT2D eigenvalue weighted by atomic mass is 35.5. The van der Waals surface area contributed by atoms with E-state index in [1.54, 1.807) is 6.20 Å². The molecule has 2 aromatic carbocycles. The topological polar surface area (TPSA) is 111 Å². The lowest BCUT2D eigenvalue weighted by molar-refractivity contribution is -0.120. The van der Waals surface area contributed by atoms with E-state index in [1.807, 2.05) is 10.8 Å². The zero-order valence-electron chi connectivity index (χ0n) is 26.7. The minimum Gasteiger partial charge on any atom is -0.368 e. The maximum absolute atomic E-state index is 14.9. The average molecular weight is 714 g/mol. The quantitative estimate of drug-likeness (QED) is 0.273. The number of imidazole rings is 1. The number of nitrogens with zero attached hydrogens (tertiary/aromatic N) is 8. The number of aryl methyl sites for hydroxylation is 1. The van der Waals surface area contributed by atoms with E-state index in [2.05, 4.69) is 91.5 Å². The normalized spacial score (nSPS) is 18.3. The van der Waals surface area contributed by atoms with Gasteiger partial charge in [0.25, 0.3) is 5.95 Å². The van der Waals surface area contributed by atoms with Crippen LogP contribution in [0.1, 0.15) is 43.4 Å². The number of aromatic nitrogens is 6. The Morgan fingerprint density at radius 2 is 1.72 bits per heavy atom. The molecule has 2 fully saturated rings. The number of hydrogen-bond acceptors (Lipinski definition) is 8. The molecule has 2 aromatic heterocycles. The Hall–Kier alpha value is -3.52. The highest BCUT2D eigenvalue weighted by Crippen LogP contribution is 2.38. The predicted octanol–water partition coefficient (Wildman–Crippen LogP) is 5.08. The standard InChI is InChI=1S/C31H38F2N10O.3ClH/c1-20-5-6-21(27(15-20)40-11-13-41(14-12-40)30-36-38-39-37-30)17-42-10-9-34-29(42)35-28(44)25-19-43(31(2,3)4)18-24(25)23-8-7-22(32)16-26(23)33;;;/h5-10,15-16,24-25H,11-14,17-19H2,1-4H3,(H,34,35,44)(H,36,37,38,39);3*1H/t24-,25+;;;/m0.../s1. The van der Waals surface area contributed by atoms with Gasteiger partial charge in [-0.2, -0.15) is 5.21 Å². The Bertz CT molecular complexity index is 1620. The summed E-state index contributed by atoms with van der Waals surface area (Å²) in [6, 6.07) is 10.0. The van der Waals surface area contributed by atoms with Crippen molar-refractivity contribution in [1.29, 1.82) is 0 Å². The van der Waals surface area contributed by atoms with Gasteiger partial charge in [0.05, 0.1) is 12.5 Å². The molecule has 0 saturated carbocycles. The first-order valence-corrected chi connectivity index (χ1v) is 14.9. The van der Waals surface area contributed by atoms with E-state index in [1.165, 1.54) is 12.1 Å². The predicted molar refractivity (Wildman–Crippen MR) is 185 cm³/mol. The Morgan fingerprint density at radius 1 is 1.00 bits per heavy atom. The van der Waals surface area contributed by atoms with Crippen LogP contribution < -0.4 is 15.1 Å². The molecule has 2 saturated heterocycles. The Balaban J connectivity index is 0.00000200. The molecular weight excluding hydrogens is 673 g/mol. The number of H-pyrrole nitrogens is 1. The maximum Gasteiger partial charge on any atom is 0.265 e. The number of halogens is 5. The van der Waals surface area contributed by atoms with E-state index in [-0.39, 0.29) is 48.7 Å². The van der Waals surface area contributed by atoms with E-state index >= 15 is 0 Å². The van der Waals surface area contributed by atoms with Crippen molar-refractivity contribution in [2.45, 2.75) is 45.7 Å². The Morgan fingerprint density at radius 3 is 2.38 bits per heavy atom. The van der Waals surface area contributed by atoms with E-state index in [9.17, 15) is 13.6 Å². The maximum atomic E-state index is 14.9. The van der Waals surface area contributed by atoms with Gasteiger partial charge in [-0.15, -0.1) is 42.3 Å². The van der Waals surface area contributed by atoms with Crippen molar-refractivity contribution in [3.8, 4) is 0 Å². The van der Waals surface area contributed by atoms with Crippen molar-refractivity contribution in [3.63, 3.8) is 0 Å². The van der Waals surface area contributed by atoms with Gasteiger partial charge in [0.15, 0.2) is 0 Å². The minimum atomic E-state index is -0.635. The Labute approximate surface area is 291 Å². The van der Waals surface area contributed by atoms with Crippen LogP contribution in [-0.4, -0.2) is 85.8 Å². The molecule has 47 heavy (non-hydrogen) atoms. The molecule has 4 aromatic rings. The van der Waals surface area contributed by atoms with Crippen molar-refractivity contribution in [1.82, 2.24) is 35.1 Å². The number of piperazine rings is 1. The number of hydrogen-bond donors (Lipinski definition) is 2. The molecule has 256 valence electrons. The summed E-state index contributed by atoms with van der Waals surface area (Å²) in [5.74, 6) is -1.43. The molecule has 2 N–H and O–H groups in total. The van der Waals surface area contributed by atoms with Gasteiger partial charge in [0.1, 0.15) is 11.6 Å². The third-order valence-corrected chi connectivity index (χ3v) is 8.74. The summed E-state index contributed by atoms with van der Waals surface area (Å²) in [4.78, 5) is 24.9. The second kappa shape index (κ2) is 15.6. The molecule has 6 rings (SSSR count). The van der Waals surface area contributed by atoms with Crippen LogP contribution in [0.3, 0.4) is 0 Å². The van der Waals surface area contributed by atoms with Crippen molar-refractivity contribution < 1.29 is 13.6 Å². The monoisotopic (exact) mass is 712 g/mol. The number of likely N-dealkylation sites (tertiary alicyclic amines) is 1. The van der Waals surface area contributed by atoms with Crippen LogP contribution in [-0.2, 0) is 11.3 Å². The molecule has 0 unspecified atom stereocenters. The molecule has 0 radical (unpaired) electrons. The fourth-order valence-corrected chi connectivity index (χ4v) is 6.22. The van der Waals surface area contributed by atoms with Crippen LogP contribution in [0.4, 0.5) is 26.4 Å². The van der Waals surface area contributed by atoms with Gasteiger partial charge in [0.2, 0.25) is 11.9 Å². The molecule has 0 bridgehead atoms. The number of nitrogens with one attached hydrogen (secondary N) is 2. The summed E-state index contributed by atoms with van der Waals surface area (Å²) in [5, 5.41) is 17.4. The van der Waals surface area contributed by atoms with Crippen LogP contribution >= 0.6 is 37.2 Å². The summed E-state index contributed by atoms with van der Waals surface area (Å²) < 4.78 is 30.6. The van der Waals surface area contributed by atoms with Crippen LogP contribution in [0.25, 0.3) is 0 Å². The molecule has 11 nitrogen and oxygen atoms in total. The summed E-state index contributed by atoms with van der Waals surface area (Å²) in [6.07, 6.45) is 3.51. The van der Waals surface area contributed by atoms with Crippen LogP contribution in [0, 0.1) is 24.5 Å². The molecule has 0 spiro atoms. The van der Waals surface area contributed by atoms with Gasteiger partial charge in [0, 0.05) is 74.9 Å². The first-order valence-electron chi connectivity index (χ1n) is 14.9. The van der Waals surface area contributed by atoms with Crippen molar-refractivity contribution >= 4 is 60.7 Å². The fourth-order valence-electron chi connectivity index (χ4n) is 6.22. The molecule has 1 amide bonds. The van der Waals surface area contributed by atoms with Crippen LogP contribution in [0.2, 0.25) is 0 Å². The number of aromatic amines is 1. The number of anilines is 3. The summed E-state index contributed by atoms with van der Waals surface area (Å²) in [6.45, 7) is 12.9. The van der Waals surface area contributed by atoms with Gasteiger partial charge < -0.3 is 14.4 Å². The van der Waals surface area contributed by atoms with E-state index < -0.39 is 23.5 Å². The molecule has 0 aliphatic carbocycles. The number of amides is 1. The number of benzene rings is 2. The van der Waals surface area contributed by atoms with Gasteiger partial charge in [-0.1, -0.05) is 23.3 Å². The highest BCUT2D eigenvalue weighted by molar-refractivity contribution is 5.92. The molecule has 2 atom stereocenters. The molecule has 16 heteroatoms. The summed E-state index contributed by atoms with van der Waals surface area (Å²) in [7, 11) is 0. The van der Waals surface area contributed by atoms with Gasteiger partial charge in [-0.05, 0) is 61.7 Å². The SMILES string of the molecule is Cc1ccc(Cn2ccnc2NC(=O)[C@@H]2CN(C(C)(C)C)C[C@H]2c2ccc(F)cc2F)c(N2CCN(c3nn[nH]n3)CC2)c1.Cl.Cl.Cl. The lowest BCUT2D eigenvalue weighted by atomic mass is 9.88. The molecule has 2 aliphatic heterocycles.